The van der Waals surface area contributed by atoms with Crippen molar-refractivity contribution in [2.45, 2.75) is 39.0 Å². The first kappa shape index (κ1) is 17.0. The third-order valence-electron chi connectivity index (χ3n) is 3.40. The van der Waals surface area contributed by atoms with Crippen molar-refractivity contribution in [1.82, 2.24) is 4.98 Å². The van der Waals surface area contributed by atoms with E-state index in [0.717, 1.165) is 18.1 Å². The molecule has 1 N–H and O–H groups in total. The SMILES string of the molecule is CCCCCCCNc1ncc(C(=O)c2ccccc2Cl)s1. The van der Waals surface area contributed by atoms with E-state index in [0.29, 0.717) is 15.5 Å². The molecule has 0 fully saturated rings. The van der Waals surface area contributed by atoms with E-state index in [1.165, 1.54) is 37.0 Å². The largest absolute Gasteiger partial charge is 0.362 e. The second-order valence-electron chi connectivity index (χ2n) is 5.18. The summed E-state index contributed by atoms with van der Waals surface area (Å²) < 4.78 is 0. The normalized spacial score (nSPS) is 10.6. The van der Waals surface area contributed by atoms with Crippen LogP contribution in [-0.2, 0) is 0 Å². The summed E-state index contributed by atoms with van der Waals surface area (Å²) >= 11 is 7.45. The van der Waals surface area contributed by atoms with Crippen molar-refractivity contribution < 1.29 is 4.79 Å². The van der Waals surface area contributed by atoms with Gasteiger partial charge in [0.2, 0.25) is 5.78 Å². The number of carbonyl (C=O) groups is 1. The number of aromatic nitrogens is 1. The standard InChI is InChI=1S/C17H21ClN2OS/c1-2-3-4-5-8-11-19-17-20-12-15(22-17)16(21)13-9-6-7-10-14(13)18/h6-7,9-10,12H,2-5,8,11H2,1H3,(H,19,20). The molecule has 2 rings (SSSR count). The molecule has 0 aliphatic heterocycles. The fourth-order valence-electron chi connectivity index (χ4n) is 2.16. The third-order valence-corrected chi connectivity index (χ3v) is 4.69. The van der Waals surface area contributed by atoms with Crippen molar-refractivity contribution in [2.24, 2.45) is 0 Å². The molecule has 118 valence electrons. The molecule has 0 saturated heterocycles. The van der Waals surface area contributed by atoms with Crippen LogP contribution < -0.4 is 5.32 Å². The quantitative estimate of drug-likeness (QED) is 0.491. The van der Waals surface area contributed by atoms with Gasteiger partial charge in [0.15, 0.2) is 5.13 Å². The molecule has 0 amide bonds. The number of ketones is 1. The highest BCUT2D eigenvalue weighted by molar-refractivity contribution is 7.17. The van der Waals surface area contributed by atoms with E-state index < -0.39 is 0 Å². The van der Waals surface area contributed by atoms with Crippen LogP contribution in [0.3, 0.4) is 0 Å². The third kappa shape index (κ3) is 4.82. The Labute approximate surface area is 140 Å². The van der Waals surface area contributed by atoms with Crippen LogP contribution in [0.25, 0.3) is 0 Å². The van der Waals surface area contributed by atoms with Crippen LogP contribution >= 0.6 is 22.9 Å². The minimum absolute atomic E-state index is 0.0703. The zero-order chi connectivity index (χ0) is 15.8. The number of nitrogens with zero attached hydrogens (tertiary/aromatic N) is 1. The molecule has 0 saturated carbocycles. The average molecular weight is 337 g/mol. The molecule has 2 aromatic rings. The predicted molar refractivity (Wildman–Crippen MR) is 94.2 cm³/mol. The number of halogens is 1. The predicted octanol–water partition coefficient (Wildman–Crippen LogP) is 5.41. The second kappa shape index (κ2) is 8.91. The van der Waals surface area contributed by atoms with Gasteiger partial charge in [0, 0.05) is 12.1 Å². The summed E-state index contributed by atoms with van der Waals surface area (Å²) in [5.74, 6) is -0.0703. The van der Waals surface area contributed by atoms with Gasteiger partial charge in [0.25, 0.3) is 0 Å². The lowest BCUT2D eigenvalue weighted by Crippen LogP contribution is -2.00. The Kier molecular flexibility index (Phi) is 6.87. The Morgan fingerprint density at radius 2 is 2.00 bits per heavy atom. The highest BCUT2D eigenvalue weighted by Gasteiger charge is 2.15. The number of anilines is 1. The molecule has 0 unspecified atom stereocenters. The summed E-state index contributed by atoms with van der Waals surface area (Å²) in [6, 6.07) is 7.10. The van der Waals surface area contributed by atoms with Crippen molar-refractivity contribution in [3.8, 4) is 0 Å². The van der Waals surface area contributed by atoms with Crippen molar-refractivity contribution in [3.63, 3.8) is 0 Å². The molecule has 0 aliphatic rings. The van der Waals surface area contributed by atoms with Gasteiger partial charge in [-0.05, 0) is 18.6 Å². The molecule has 0 bridgehead atoms. The van der Waals surface area contributed by atoms with Gasteiger partial charge in [-0.1, -0.05) is 67.7 Å². The molecule has 3 nitrogen and oxygen atoms in total. The molecule has 1 aromatic carbocycles. The molecule has 0 atom stereocenters. The molecule has 1 heterocycles. The lowest BCUT2D eigenvalue weighted by atomic mass is 10.1. The van der Waals surface area contributed by atoms with Gasteiger partial charge < -0.3 is 5.32 Å². The Balaban J connectivity index is 1.86. The summed E-state index contributed by atoms with van der Waals surface area (Å²) in [5.41, 5.74) is 0.527. The fraction of sp³-hybridized carbons (Fsp3) is 0.412. The first-order chi connectivity index (χ1) is 10.7. The summed E-state index contributed by atoms with van der Waals surface area (Å²) in [7, 11) is 0. The molecule has 0 radical (unpaired) electrons. The van der Waals surface area contributed by atoms with Gasteiger partial charge in [-0.3, -0.25) is 4.79 Å². The van der Waals surface area contributed by atoms with Gasteiger partial charge in [-0.15, -0.1) is 0 Å². The maximum atomic E-state index is 12.4. The van der Waals surface area contributed by atoms with Crippen molar-refractivity contribution >= 4 is 33.9 Å². The minimum Gasteiger partial charge on any atom is -0.362 e. The zero-order valence-corrected chi connectivity index (χ0v) is 14.3. The van der Waals surface area contributed by atoms with E-state index in [2.05, 4.69) is 17.2 Å². The molecular formula is C17H21ClN2OS. The lowest BCUT2D eigenvalue weighted by molar-refractivity contribution is 0.104. The summed E-state index contributed by atoms with van der Waals surface area (Å²) in [4.78, 5) is 17.3. The second-order valence-corrected chi connectivity index (χ2v) is 6.62. The van der Waals surface area contributed by atoms with E-state index in [1.807, 2.05) is 12.1 Å². The topological polar surface area (TPSA) is 42.0 Å². The summed E-state index contributed by atoms with van der Waals surface area (Å²) in [6.07, 6.45) is 7.83. The van der Waals surface area contributed by atoms with Gasteiger partial charge >= 0.3 is 0 Å². The van der Waals surface area contributed by atoms with E-state index in [-0.39, 0.29) is 5.78 Å². The van der Waals surface area contributed by atoms with Gasteiger partial charge in [-0.25, -0.2) is 4.98 Å². The van der Waals surface area contributed by atoms with Crippen LogP contribution in [0.4, 0.5) is 5.13 Å². The summed E-state index contributed by atoms with van der Waals surface area (Å²) in [5, 5.41) is 4.56. The first-order valence-electron chi connectivity index (χ1n) is 7.71. The number of benzene rings is 1. The van der Waals surface area contributed by atoms with Crippen LogP contribution in [0.15, 0.2) is 30.5 Å². The van der Waals surface area contributed by atoms with Gasteiger partial charge in [-0.2, -0.15) is 0 Å². The first-order valence-corrected chi connectivity index (χ1v) is 8.90. The number of unbranched alkanes of at least 4 members (excludes halogenated alkanes) is 4. The molecular weight excluding hydrogens is 316 g/mol. The lowest BCUT2D eigenvalue weighted by Gasteiger charge is -2.02. The molecule has 0 aliphatic carbocycles. The van der Waals surface area contributed by atoms with E-state index in [9.17, 15) is 4.79 Å². The number of carbonyl (C=O) groups excluding carboxylic acids is 1. The van der Waals surface area contributed by atoms with Crippen LogP contribution in [0.2, 0.25) is 5.02 Å². The van der Waals surface area contributed by atoms with Crippen LogP contribution in [0, 0.1) is 0 Å². The van der Waals surface area contributed by atoms with Crippen LogP contribution in [-0.4, -0.2) is 17.3 Å². The van der Waals surface area contributed by atoms with E-state index in [1.54, 1.807) is 18.3 Å². The van der Waals surface area contributed by atoms with Crippen LogP contribution in [0.1, 0.15) is 54.3 Å². The number of nitrogens with one attached hydrogen (secondary N) is 1. The molecule has 0 spiro atoms. The average Bonchev–Trinajstić information content (AvgIpc) is 2.99. The highest BCUT2D eigenvalue weighted by Crippen LogP contribution is 2.24. The van der Waals surface area contributed by atoms with Crippen molar-refractivity contribution in [1.29, 1.82) is 0 Å². The smallest absolute Gasteiger partial charge is 0.206 e. The van der Waals surface area contributed by atoms with E-state index in [4.69, 9.17) is 11.6 Å². The number of hydrogen-bond donors (Lipinski definition) is 1. The highest BCUT2D eigenvalue weighted by atomic mass is 35.5. The van der Waals surface area contributed by atoms with Gasteiger partial charge in [0.1, 0.15) is 0 Å². The Bertz CT molecular complexity index is 612. The summed E-state index contributed by atoms with van der Waals surface area (Å²) in [6.45, 7) is 3.11. The molecule has 22 heavy (non-hydrogen) atoms. The minimum atomic E-state index is -0.0703. The monoisotopic (exact) mass is 336 g/mol. The maximum Gasteiger partial charge on any atom is 0.206 e. The number of thiazole rings is 1. The molecule has 5 heteroatoms. The zero-order valence-electron chi connectivity index (χ0n) is 12.8. The Morgan fingerprint density at radius 3 is 2.77 bits per heavy atom. The van der Waals surface area contributed by atoms with E-state index >= 15 is 0 Å². The fourth-order valence-corrected chi connectivity index (χ4v) is 3.18. The van der Waals surface area contributed by atoms with Crippen molar-refractivity contribution in [3.05, 3.63) is 45.9 Å². The Morgan fingerprint density at radius 1 is 1.23 bits per heavy atom. The molecule has 1 aromatic heterocycles. The number of hydrogen-bond acceptors (Lipinski definition) is 4. The van der Waals surface area contributed by atoms with Crippen LogP contribution in [0.5, 0.6) is 0 Å². The van der Waals surface area contributed by atoms with Crippen molar-refractivity contribution in [2.75, 3.05) is 11.9 Å². The maximum absolute atomic E-state index is 12.4. The number of rotatable bonds is 9. The Hall–Kier alpha value is -1.39. The van der Waals surface area contributed by atoms with Gasteiger partial charge in [0.05, 0.1) is 16.1 Å².